The lowest BCUT2D eigenvalue weighted by atomic mass is 9.90. The van der Waals surface area contributed by atoms with Gasteiger partial charge in [-0.05, 0) is 50.4 Å². The number of anilines is 3. The van der Waals surface area contributed by atoms with E-state index in [4.69, 9.17) is 9.97 Å². The molecule has 1 aliphatic rings. The van der Waals surface area contributed by atoms with Crippen molar-refractivity contribution in [2.45, 2.75) is 32.7 Å². The summed E-state index contributed by atoms with van der Waals surface area (Å²) in [6.07, 6.45) is 1.57. The quantitative estimate of drug-likeness (QED) is 0.398. The van der Waals surface area contributed by atoms with Gasteiger partial charge in [-0.15, -0.1) is 0 Å². The zero-order valence-electron chi connectivity index (χ0n) is 21.8. The van der Waals surface area contributed by atoms with Gasteiger partial charge in [0.1, 0.15) is 5.39 Å². The van der Waals surface area contributed by atoms with Gasteiger partial charge in [-0.2, -0.15) is 4.98 Å². The van der Waals surface area contributed by atoms with Gasteiger partial charge in [-0.1, -0.05) is 19.9 Å². The van der Waals surface area contributed by atoms with Gasteiger partial charge in [0.05, 0.1) is 12.3 Å². The standard InChI is InChI=1S/C27H34N8O2/c1-5-34-25(37)21-17-28-26(29-19-9-11-20(12-10-19)33-15-13-32(4)14-16-33)31-24(21)35(34)23-8-6-7-22(30-23)27(2,3)18-36/h6-12,17,36H,5,13-16,18H2,1-4H3,(H,28,29,31). The van der Waals surface area contributed by atoms with E-state index in [2.05, 4.69) is 39.3 Å². The van der Waals surface area contributed by atoms with Crippen LogP contribution in [0.1, 0.15) is 26.5 Å². The van der Waals surface area contributed by atoms with Gasteiger partial charge < -0.3 is 20.2 Å². The first-order valence-corrected chi connectivity index (χ1v) is 12.7. The molecule has 1 fully saturated rings. The first kappa shape index (κ1) is 24.9. The van der Waals surface area contributed by atoms with Crippen LogP contribution in [0.5, 0.6) is 0 Å². The van der Waals surface area contributed by atoms with E-state index in [0.29, 0.717) is 29.3 Å². The highest BCUT2D eigenvalue weighted by molar-refractivity contribution is 5.77. The zero-order chi connectivity index (χ0) is 26.2. The lowest BCUT2D eigenvalue weighted by molar-refractivity contribution is 0.215. The average Bonchev–Trinajstić information content (AvgIpc) is 3.20. The molecule has 0 radical (unpaired) electrons. The van der Waals surface area contributed by atoms with Crippen molar-refractivity contribution in [2.24, 2.45) is 0 Å². The van der Waals surface area contributed by atoms with Crippen molar-refractivity contribution in [3.63, 3.8) is 0 Å². The largest absolute Gasteiger partial charge is 0.395 e. The van der Waals surface area contributed by atoms with Gasteiger partial charge >= 0.3 is 0 Å². The maximum atomic E-state index is 13.1. The summed E-state index contributed by atoms with van der Waals surface area (Å²) in [6.45, 7) is 10.3. The number of nitrogens with zero attached hydrogens (tertiary/aromatic N) is 7. The van der Waals surface area contributed by atoms with Crippen LogP contribution in [0.3, 0.4) is 0 Å². The number of aliphatic hydroxyl groups excluding tert-OH is 1. The molecule has 0 saturated carbocycles. The van der Waals surface area contributed by atoms with Crippen molar-refractivity contribution in [1.82, 2.24) is 29.2 Å². The fraction of sp³-hybridized carbons (Fsp3) is 0.407. The SMILES string of the molecule is CCn1c(=O)c2cnc(Nc3ccc(N4CCN(C)CC4)cc3)nc2n1-c1cccc(C(C)(C)CO)n1. The van der Waals surface area contributed by atoms with E-state index < -0.39 is 5.41 Å². The minimum Gasteiger partial charge on any atom is -0.395 e. The number of rotatable bonds is 7. The number of benzene rings is 1. The summed E-state index contributed by atoms with van der Waals surface area (Å²) < 4.78 is 3.34. The molecule has 0 spiro atoms. The molecular weight excluding hydrogens is 468 g/mol. The normalized spacial score (nSPS) is 14.9. The van der Waals surface area contributed by atoms with Crippen LogP contribution in [-0.2, 0) is 12.0 Å². The molecule has 1 saturated heterocycles. The average molecular weight is 503 g/mol. The second-order valence-corrected chi connectivity index (χ2v) is 10.1. The highest BCUT2D eigenvalue weighted by Gasteiger charge is 2.23. The van der Waals surface area contributed by atoms with Gasteiger partial charge in [-0.25, -0.2) is 19.3 Å². The molecule has 4 heterocycles. The van der Waals surface area contributed by atoms with E-state index in [-0.39, 0.29) is 12.2 Å². The van der Waals surface area contributed by atoms with Gasteiger partial charge in [0.25, 0.3) is 5.56 Å². The van der Waals surface area contributed by atoms with Crippen LogP contribution in [0.25, 0.3) is 16.9 Å². The third-order valence-electron chi connectivity index (χ3n) is 7.01. The Balaban J connectivity index is 1.48. The Morgan fingerprint density at radius 2 is 1.76 bits per heavy atom. The number of aromatic nitrogens is 5. The van der Waals surface area contributed by atoms with Crippen molar-refractivity contribution >= 4 is 28.4 Å². The van der Waals surface area contributed by atoms with Crippen molar-refractivity contribution in [2.75, 3.05) is 50.1 Å². The lowest BCUT2D eigenvalue weighted by Gasteiger charge is -2.34. The predicted molar refractivity (Wildman–Crippen MR) is 146 cm³/mol. The maximum Gasteiger partial charge on any atom is 0.278 e. The molecule has 1 aliphatic heterocycles. The number of pyridine rings is 1. The molecule has 10 nitrogen and oxygen atoms in total. The van der Waals surface area contributed by atoms with E-state index in [1.807, 2.05) is 51.1 Å². The van der Waals surface area contributed by atoms with Crippen LogP contribution in [0.2, 0.25) is 0 Å². The van der Waals surface area contributed by atoms with Crippen LogP contribution >= 0.6 is 0 Å². The third-order valence-corrected chi connectivity index (χ3v) is 7.01. The molecule has 2 N–H and O–H groups in total. The highest BCUT2D eigenvalue weighted by atomic mass is 16.3. The molecule has 0 bridgehead atoms. The monoisotopic (exact) mass is 502 g/mol. The Morgan fingerprint density at radius 3 is 2.43 bits per heavy atom. The lowest BCUT2D eigenvalue weighted by Crippen LogP contribution is -2.44. The summed E-state index contributed by atoms with van der Waals surface area (Å²) in [5.41, 5.74) is 2.58. The van der Waals surface area contributed by atoms with Crippen LogP contribution in [0.4, 0.5) is 17.3 Å². The minimum absolute atomic E-state index is 0.0414. The van der Waals surface area contributed by atoms with Crippen molar-refractivity contribution < 1.29 is 5.11 Å². The van der Waals surface area contributed by atoms with Crippen LogP contribution in [0.15, 0.2) is 53.5 Å². The minimum atomic E-state index is -0.520. The van der Waals surface area contributed by atoms with Crippen molar-refractivity contribution in [3.05, 3.63) is 64.7 Å². The van der Waals surface area contributed by atoms with Crippen LogP contribution in [-0.4, -0.2) is 74.2 Å². The molecule has 37 heavy (non-hydrogen) atoms. The van der Waals surface area contributed by atoms with Gasteiger partial charge in [0.15, 0.2) is 11.5 Å². The molecule has 0 atom stereocenters. The Kier molecular flexibility index (Phi) is 6.70. The Hall–Kier alpha value is -3.76. The van der Waals surface area contributed by atoms with E-state index >= 15 is 0 Å². The smallest absolute Gasteiger partial charge is 0.278 e. The zero-order valence-corrected chi connectivity index (χ0v) is 21.8. The maximum absolute atomic E-state index is 13.1. The topological polar surface area (TPSA) is 104 Å². The van der Waals surface area contributed by atoms with Gasteiger partial charge in [0.2, 0.25) is 5.95 Å². The van der Waals surface area contributed by atoms with Crippen LogP contribution in [0, 0.1) is 0 Å². The van der Waals surface area contributed by atoms with Gasteiger partial charge in [-0.3, -0.25) is 4.79 Å². The summed E-state index contributed by atoms with van der Waals surface area (Å²) in [5.74, 6) is 0.961. The molecule has 0 amide bonds. The fourth-order valence-corrected chi connectivity index (χ4v) is 4.56. The highest BCUT2D eigenvalue weighted by Crippen LogP contribution is 2.24. The first-order chi connectivity index (χ1) is 17.8. The molecular formula is C27H34N8O2. The summed E-state index contributed by atoms with van der Waals surface area (Å²) >= 11 is 0. The molecule has 10 heteroatoms. The van der Waals surface area contributed by atoms with E-state index in [1.54, 1.807) is 15.6 Å². The summed E-state index contributed by atoms with van der Waals surface area (Å²) in [6, 6.07) is 13.9. The number of piperazine rings is 1. The molecule has 3 aromatic heterocycles. The molecule has 0 unspecified atom stereocenters. The Bertz CT molecular complexity index is 1450. The van der Waals surface area contributed by atoms with Crippen LogP contribution < -0.4 is 15.8 Å². The fourth-order valence-electron chi connectivity index (χ4n) is 4.56. The first-order valence-electron chi connectivity index (χ1n) is 12.7. The summed E-state index contributed by atoms with van der Waals surface area (Å²) in [7, 11) is 2.15. The van der Waals surface area contributed by atoms with E-state index in [1.165, 1.54) is 5.69 Å². The summed E-state index contributed by atoms with van der Waals surface area (Å²) in [5, 5.41) is 13.5. The Labute approximate surface area is 216 Å². The molecule has 194 valence electrons. The Morgan fingerprint density at radius 1 is 1.03 bits per heavy atom. The van der Waals surface area contributed by atoms with E-state index in [0.717, 1.165) is 37.6 Å². The number of hydrogen-bond donors (Lipinski definition) is 2. The second kappa shape index (κ2) is 9.95. The molecule has 1 aromatic carbocycles. The van der Waals surface area contributed by atoms with Crippen molar-refractivity contribution in [3.8, 4) is 5.82 Å². The molecule has 4 aromatic rings. The molecule has 0 aliphatic carbocycles. The second-order valence-electron chi connectivity index (χ2n) is 10.1. The van der Waals surface area contributed by atoms with Crippen molar-refractivity contribution in [1.29, 1.82) is 0 Å². The number of fused-ring (bicyclic) bond motifs is 1. The van der Waals surface area contributed by atoms with E-state index in [9.17, 15) is 9.90 Å². The number of hydrogen-bond acceptors (Lipinski definition) is 8. The number of nitrogens with one attached hydrogen (secondary N) is 1. The number of likely N-dealkylation sites (N-methyl/N-ethyl adjacent to an activating group) is 1. The third kappa shape index (κ3) is 4.82. The van der Waals surface area contributed by atoms with Gasteiger partial charge in [0, 0.05) is 55.7 Å². The predicted octanol–water partition coefficient (Wildman–Crippen LogP) is 2.76. The number of aliphatic hydroxyl groups is 1. The summed E-state index contributed by atoms with van der Waals surface area (Å²) in [4.78, 5) is 31.8. The molecule has 5 rings (SSSR count).